The average Bonchev–Trinajstić information content (AvgIpc) is 2.83. The van der Waals surface area contributed by atoms with Gasteiger partial charge in [-0.2, -0.15) is 0 Å². The molecule has 11 heteroatoms. The van der Waals surface area contributed by atoms with Crippen LogP contribution in [0.25, 0.3) is 11.3 Å². The molecular weight excluding hydrogens is 534 g/mol. The second kappa shape index (κ2) is 11.7. The SMILES string of the molecule is COCc1cc(Oc2cnc(N3CCN(C(=O)OC(C)(C)C)CC3)c(F)c2)nc(-c2cc(Cl)cc(Cl)c2)c1. The lowest BCUT2D eigenvalue weighted by molar-refractivity contribution is 0.0240. The first-order valence-electron chi connectivity index (χ1n) is 12.0. The highest BCUT2D eigenvalue weighted by Gasteiger charge is 2.27. The van der Waals surface area contributed by atoms with Crippen LogP contribution in [0.4, 0.5) is 15.0 Å². The van der Waals surface area contributed by atoms with Gasteiger partial charge in [0, 0.05) is 61.0 Å². The quantitative estimate of drug-likeness (QED) is 0.335. The topological polar surface area (TPSA) is 77.0 Å². The van der Waals surface area contributed by atoms with Crippen LogP contribution in [0.5, 0.6) is 11.6 Å². The summed E-state index contributed by atoms with van der Waals surface area (Å²) in [6, 6.07) is 9.95. The van der Waals surface area contributed by atoms with E-state index in [1.54, 1.807) is 41.2 Å². The number of ether oxygens (including phenoxy) is 3. The number of anilines is 1. The summed E-state index contributed by atoms with van der Waals surface area (Å²) in [6.45, 7) is 7.44. The van der Waals surface area contributed by atoms with Gasteiger partial charge in [-0.05, 0) is 50.6 Å². The largest absolute Gasteiger partial charge is 0.444 e. The van der Waals surface area contributed by atoms with E-state index in [1.807, 2.05) is 26.8 Å². The standard InChI is InChI=1S/C27H29Cl2FN4O4/c1-27(2,3)38-26(35)34-7-5-33(6-8-34)25-22(30)14-21(15-31-25)37-24-10-17(16-36-4)9-23(32-24)18-11-19(28)13-20(29)12-18/h9-15H,5-8,16H2,1-4H3. The summed E-state index contributed by atoms with van der Waals surface area (Å²) >= 11 is 12.3. The number of carbonyl (C=O) groups excluding carboxylic acids is 1. The van der Waals surface area contributed by atoms with Gasteiger partial charge in [0.15, 0.2) is 17.4 Å². The Hall–Kier alpha value is -3.14. The molecule has 0 saturated carbocycles. The molecule has 0 spiro atoms. The van der Waals surface area contributed by atoms with Crippen LogP contribution >= 0.6 is 23.2 Å². The number of methoxy groups -OCH3 is 1. The van der Waals surface area contributed by atoms with Crippen molar-refractivity contribution in [2.75, 3.05) is 38.2 Å². The van der Waals surface area contributed by atoms with E-state index in [4.69, 9.17) is 37.4 Å². The molecule has 0 aliphatic carbocycles. The van der Waals surface area contributed by atoms with Crippen molar-refractivity contribution >= 4 is 35.1 Å². The molecular formula is C27H29Cl2FN4O4. The molecule has 202 valence electrons. The third-order valence-electron chi connectivity index (χ3n) is 5.58. The normalized spacial score (nSPS) is 14.0. The van der Waals surface area contributed by atoms with Crippen LogP contribution in [-0.4, -0.2) is 59.9 Å². The second-order valence-electron chi connectivity index (χ2n) is 9.82. The Bertz CT molecular complexity index is 1290. The first-order valence-corrected chi connectivity index (χ1v) is 12.8. The van der Waals surface area contributed by atoms with Crippen molar-refractivity contribution in [3.05, 3.63) is 64.0 Å². The van der Waals surface area contributed by atoms with Gasteiger partial charge in [0.2, 0.25) is 5.88 Å². The Labute approximate surface area is 231 Å². The van der Waals surface area contributed by atoms with E-state index in [2.05, 4.69) is 9.97 Å². The molecule has 3 aromatic rings. The minimum atomic E-state index is -0.572. The van der Waals surface area contributed by atoms with Crippen LogP contribution < -0.4 is 9.64 Å². The van der Waals surface area contributed by atoms with Gasteiger partial charge >= 0.3 is 6.09 Å². The Morgan fingerprint density at radius 3 is 2.32 bits per heavy atom. The fraction of sp³-hybridized carbons (Fsp3) is 0.370. The molecule has 1 amide bonds. The second-order valence-corrected chi connectivity index (χ2v) is 10.7. The van der Waals surface area contributed by atoms with Crippen molar-refractivity contribution < 1.29 is 23.4 Å². The molecule has 0 radical (unpaired) electrons. The van der Waals surface area contributed by atoms with Gasteiger partial charge in [-0.1, -0.05) is 23.2 Å². The third kappa shape index (κ3) is 7.24. The highest BCUT2D eigenvalue weighted by atomic mass is 35.5. The number of benzene rings is 1. The fourth-order valence-electron chi connectivity index (χ4n) is 3.96. The summed E-state index contributed by atoms with van der Waals surface area (Å²) in [7, 11) is 1.59. The smallest absolute Gasteiger partial charge is 0.410 e. The highest BCUT2D eigenvalue weighted by Crippen LogP contribution is 2.31. The minimum Gasteiger partial charge on any atom is -0.444 e. The number of nitrogens with zero attached hydrogens (tertiary/aromatic N) is 4. The maximum absolute atomic E-state index is 15.1. The lowest BCUT2D eigenvalue weighted by atomic mass is 10.1. The number of amides is 1. The molecule has 8 nitrogen and oxygen atoms in total. The lowest BCUT2D eigenvalue weighted by Crippen LogP contribution is -2.50. The van der Waals surface area contributed by atoms with Crippen LogP contribution in [0.15, 0.2) is 42.6 Å². The van der Waals surface area contributed by atoms with Crippen LogP contribution in [0, 0.1) is 5.82 Å². The number of rotatable bonds is 6. The minimum absolute atomic E-state index is 0.191. The van der Waals surface area contributed by atoms with Crippen molar-refractivity contribution in [1.82, 2.24) is 14.9 Å². The van der Waals surface area contributed by atoms with Crippen molar-refractivity contribution in [2.45, 2.75) is 33.0 Å². The molecule has 1 aromatic carbocycles. The molecule has 2 aromatic heterocycles. The Balaban J connectivity index is 1.49. The van der Waals surface area contributed by atoms with Crippen LogP contribution in [-0.2, 0) is 16.1 Å². The third-order valence-corrected chi connectivity index (χ3v) is 6.02. The molecule has 38 heavy (non-hydrogen) atoms. The molecule has 4 rings (SSSR count). The molecule has 1 saturated heterocycles. The van der Waals surface area contributed by atoms with Gasteiger partial charge in [-0.3, -0.25) is 0 Å². The molecule has 1 fully saturated rings. The maximum Gasteiger partial charge on any atom is 0.410 e. The zero-order valence-electron chi connectivity index (χ0n) is 21.6. The number of aromatic nitrogens is 2. The number of hydrogen-bond donors (Lipinski definition) is 0. The number of hydrogen-bond acceptors (Lipinski definition) is 7. The van der Waals surface area contributed by atoms with Crippen LogP contribution in [0.1, 0.15) is 26.3 Å². The molecule has 0 N–H and O–H groups in total. The predicted octanol–water partition coefficient (Wildman–Crippen LogP) is 6.59. The predicted molar refractivity (Wildman–Crippen MR) is 145 cm³/mol. The fourth-order valence-corrected chi connectivity index (χ4v) is 4.49. The molecule has 0 atom stereocenters. The summed E-state index contributed by atoms with van der Waals surface area (Å²) in [5.74, 6) is 0.0843. The first kappa shape index (κ1) is 27.9. The van der Waals surface area contributed by atoms with Crippen molar-refractivity contribution in [1.29, 1.82) is 0 Å². The monoisotopic (exact) mass is 562 g/mol. The van der Waals surface area contributed by atoms with Crippen LogP contribution in [0.2, 0.25) is 10.0 Å². The number of halogens is 3. The van der Waals surface area contributed by atoms with E-state index in [0.29, 0.717) is 54.1 Å². The van der Waals surface area contributed by atoms with E-state index < -0.39 is 11.4 Å². The van der Waals surface area contributed by atoms with Gasteiger partial charge in [0.25, 0.3) is 0 Å². The van der Waals surface area contributed by atoms with Crippen molar-refractivity contribution in [2.24, 2.45) is 0 Å². The van der Waals surface area contributed by atoms with Gasteiger partial charge in [0.1, 0.15) is 5.60 Å². The zero-order chi connectivity index (χ0) is 27.4. The molecule has 0 unspecified atom stereocenters. The molecule has 3 heterocycles. The summed E-state index contributed by atoms with van der Waals surface area (Å²) in [6.07, 6.45) is 1.07. The maximum atomic E-state index is 15.1. The lowest BCUT2D eigenvalue weighted by Gasteiger charge is -2.36. The number of pyridine rings is 2. The summed E-state index contributed by atoms with van der Waals surface area (Å²) in [5.41, 5.74) is 1.51. The van der Waals surface area contributed by atoms with Crippen molar-refractivity contribution in [3.63, 3.8) is 0 Å². The summed E-state index contributed by atoms with van der Waals surface area (Å²) in [4.78, 5) is 24.6. The van der Waals surface area contributed by atoms with E-state index >= 15 is 4.39 Å². The molecule has 1 aliphatic rings. The van der Waals surface area contributed by atoms with Gasteiger partial charge in [-0.15, -0.1) is 0 Å². The number of carbonyl (C=O) groups is 1. The van der Waals surface area contributed by atoms with Gasteiger partial charge < -0.3 is 24.0 Å². The summed E-state index contributed by atoms with van der Waals surface area (Å²) in [5, 5.41) is 0.949. The Kier molecular flexibility index (Phi) is 8.60. The number of piperazine rings is 1. The highest BCUT2D eigenvalue weighted by molar-refractivity contribution is 6.35. The van der Waals surface area contributed by atoms with Crippen LogP contribution in [0.3, 0.4) is 0 Å². The van der Waals surface area contributed by atoms with Gasteiger partial charge in [0.05, 0.1) is 18.5 Å². The van der Waals surface area contributed by atoms with Gasteiger partial charge in [-0.25, -0.2) is 19.2 Å². The Morgan fingerprint density at radius 2 is 1.71 bits per heavy atom. The van der Waals surface area contributed by atoms with Crippen molar-refractivity contribution in [3.8, 4) is 22.9 Å². The molecule has 1 aliphatic heterocycles. The van der Waals surface area contributed by atoms with E-state index in [0.717, 1.165) is 5.56 Å². The summed E-state index contributed by atoms with van der Waals surface area (Å²) < 4.78 is 31.7. The Morgan fingerprint density at radius 1 is 1.03 bits per heavy atom. The average molecular weight is 563 g/mol. The van der Waals surface area contributed by atoms with E-state index in [9.17, 15) is 4.79 Å². The first-order chi connectivity index (χ1) is 18.0. The zero-order valence-corrected chi connectivity index (χ0v) is 23.1. The molecule has 0 bridgehead atoms. The van der Waals surface area contributed by atoms with E-state index in [-0.39, 0.29) is 23.5 Å². The van der Waals surface area contributed by atoms with E-state index in [1.165, 1.54) is 12.3 Å².